The molecule has 27 heavy (non-hydrogen) atoms. The van der Waals surface area contributed by atoms with Crippen molar-refractivity contribution < 1.29 is 9.13 Å². The van der Waals surface area contributed by atoms with Crippen LogP contribution in [0, 0.1) is 12.9 Å². The highest BCUT2D eigenvalue weighted by Crippen LogP contribution is 2.23. The van der Waals surface area contributed by atoms with Gasteiger partial charge in [0.2, 0.25) is 11.8 Å². The van der Waals surface area contributed by atoms with Crippen LogP contribution in [0.3, 0.4) is 0 Å². The molecule has 4 aromatic heterocycles. The van der Waals surface area contributed by atoms with E-state index in [-0.39, 0.29) is 0 Å². The molecule has 4 heterocycles. The summed E-state index contributed by atoms with van der Waals surface area (Å²) in [4.78, 5) is 15.8. The molecule has 5 nitrogen and oxygen atoms in total. The Hall–Kier alpha value is -3.28. The van der Waals surface area contributed by atoms with Gasteiger partial charge < -0.3 is 9.72 Å². The first kappa shape index (κ1) is 17.1. The number of nitrogens with zero attached hydrogens (tertiary/aromatic N) is 3. The molecule has 0 aliphatic rings. The number of ether oxygens (including phenoxy) is 1. The van der Waals surface area contributed by atoms with E-state index in [1.54, 1.807) is 19.4 Å². The summed E-state index contributed by atoms with van der Waals surface area (Å²) >= 11 is 0. The van der Waals surface area contributed by atoms with Crippen molar-refractivity contribution in [3.05, 3.63) is 82.8 Å². The number of rotatable bonds is 5. The summed E-state index contributed by atoms with van der Waals surface area (Å²) < 4.78 is 19.9. The number of hydrogen-bond donors (Lipinski definition) is 1. The van der Waals surface area contributed by atoms with Crippen molar-refractivity contribution >= 4 is 11.0 Å². The number of aryl methyl sites for hydroxylation is 1. The number of halogens is 1. The van der Waals surface area contributed by atoms with E-state index in [9.17, 15) is 4.39 Å². The van der Waals surface area contributed by atoms with E-state index < -0.39 is 5.95 Å². The number of nitrogens with one attached hydrogen (secondary N) is 1. The van der Waals surface area contributed by atoms with Gasteiger partial charge in [-0.1, -0.05) is 12.1 Å². The maximum absolute atomic E-state index is 14.6. The van der Waals surface area contributed by atoms with Crippen LogP contribution in [0.2, 0.25) is 0 Å². The number of aromatic nitrogens is 4. The van der Waals surface area contributed by atoms with E-state index in [2.05, 4.69) is 26.0 Å². The number of methoxy groups -OCH3 is 1. The molecule has 0 atom stereocenters. The van der Waals surface area contributed by atoms with Crippen molar-refractivity contribution in [1.29, 1.82) is 0 Å². The fourth-order valence-electron chi connectivity index (χ4n) is 3.18. The van der Waals surface area contributed by atoms with Crippen LogP contribution in [-0.2, 0) is 12.8 Å². The molecule has 0 radical (unpaired) electrons. The number of pyridine rings is 3. The van der Waals surface area contributed by atoms with Crippen LogP contribution < -0.4 is 4.74 Å². The second-order valence-electron chi connectivity index (χ2n) is 6.50. The smallest absolute Gasteiger partial charge is 0.216 e. The Morgan fingerprint density at radius 1 is 1.07 bits per heavy atom. The first-order valence-electron chi connectivity index (χ1n) is 8.69. The fraction of sp³-hybridized carbons (Fsp3) is 0.190. The van der Waals surface area contributed by atoms with Gasteiger partial charge in [-0.05, 0) is 36.2 Å². The molecule has 0 saturated heterocycles. The van der Waals surface area contributed by atoms with Crippen LogP contribution in [0.5, 0.6) is 5.88 Å². The van der Waals surface area contributed by atoms with Crippen LogP contribution in [0.15, 0.2) is 48.9 Å². The number of hydrogen-bond acceptors (Lipinski definition) is 4. The lowest BCUT2D eigenvalue weighted by molar-refractivity contribution is 0.393. The van der Waals surface area contributed by atoms with Gasteiger partial charge in [-0.2, -0.15) is 4.39 Å². The summed E-state index contributed by atoms with van der Waals surface area (Å²) in [5.41, 5.74) is 4.95. The summed E-state index contributed by atoms with van der Waals surface area (Å²) in [5.74, 6) is 0.0794. The molecule has 0 saturated carbocycles. The maximum atomic E-state index is 14.6. The monoisotopic (exact) mass is 362 g/mol. The molecule has 0 fully saturated rings. The summed E-state index contributed by atoms with van der Waals surface area (Å²) in [5, 5.41) is 1.01. The van der Waals surface area contributed by atoms with Gasteiger partial charge in [0, 0.05) is 53.6 Å². The first-order chi connectivity index (χ1) is 13.1. The average molecular weight is 362 g/mol. The lowest BCUT2D eigenvalue weighted by Crippen LogP contribution is -2.02. The molecule has 0 bridgehead atoms. The van der Waals surface area contributed by atoms with Gasteiger partial charge in [-0.15, -0.1) is 0 Å². The van der Waals surface area contributed by atoms with Crippen LogP contribution in [-0.4, -0.2) is 27.0 Å². The van der Waals surface area contributed by atoms with Gasteiger partial charge >= 0.3 is 0 Å². The van der Waals surface area contributed by atoms with Crippen molar-refractivity contribution in [2.45, 2.75) is 19.8 Å². The Morgan fingerprint density at radius 2 is 1.96 bits per heavy atom. The molecule has 0 spiro atoms. The van der Waals surface area contributed by atoms with Gasteiger partial charge in [0.1, 0.15) is 5.65 Å². The van der Waals surface area contributed by atoms with E-state index >= 15 is 0 Å². The predicted molar refractivity (Wildman–Crippen MR) is 101 cm³/mol. The Bertz CT molecular complexity index is 1110. The zero-order valence-corrected chi connectivity index (χ0v) is 15.2. The number of aromatic amines is 1. The van der Waals surface area contributed by atoms with Crippen molar-refractivity contribution in [2.75, 3.05) is 7.11 Å². The highest BCUT2D eigenvalue weighted by molar-refractivity contribution is 5.80. The van der Waals surface area contributed by atoms with Crippen LogP contribution in [0.4, 0.5) is 4.39 Å². The molecule has 4 aromatic rings. The molecule has 0 unspecified atom stereocenters. The Morgan fingerprint density at radius 3 is 2.78 bits per heavy atom. The highest BCUT2D eigenvalue weighted by Gasteiger charge is 2.12. The zero-order chi connectivity index (χ0) is 18.8. The average Bonchev–Trinajstić information content (AvgIpc) is 3.06. The summed E-state index contributed by atoms with van der Waals surface area (Å²) in [7, 11) is 1.57. The van der Waals surface area contributed by atoms with Crippen LogP contribution >= 0.6 is 0 Å². The Kier molecular flexibility index (Phi) is 4.54. The number of H-pyrrole nitrogens is 1. The topological polar surface area (TPSA) is 63.7 Å². The van der Waals surface area contributed by atoms with Crippen molar-refractivity contribution in [2.24, 2.45) is 0 Å². The van der Waals surface area contributed by atoms with Gasteiger partial charge in [0.15, 0.2) is 0 Å². The quantitative estimate of drug-likeness (QED) is 0.545. The molecule has 4 rings (SSSR count). The van der Waals surface area contributed by atoms with Crippen LogP contribution in [0.1, 0.15) is 27.9 Å². The summed E-state index contributed by atoms with van der Waals surface area (Å²) in [6, 6.07) is 9.44. The van der Waals surface area contributed by atoms with Crippen molar-refractivity contribution in [3.63, 3.8) is 0 Å². The zero-order valence-electron chi connectivity index (χ0n) is 15.2. The molecule has 136 valence electrons. The molecule has 0 aliphatic carbocycles. The van der Waals surface area contributed by atoms with E-state index in [4.69, 9.17) is 4.74 Å². The second kappa shape index (κ2) is 7.15. The lowest BCUT2D eigenvalue weighted by atomic mass is 10.0. The molecular weight excluding hydrogens is 343 g/mol. The van der Waals surface area contributed by atoms with Crippen molar-refractivity contribution in [1.82, 2.24) is 19.9 Å². The largest absolute Gasteiger partial charge is 0.481 e. The fourth-order valence-corrected chi connectivity index (χ4v) is 3.18. The van der Waals surface area contributed by atoms with E-state index in [1.165, 1.54) is 0 Å². The van der Waals surface area contributed by atoms with Crippen molar-refractivity contribution in [3.8, 4) is 5.88 Å². The lowest BCUT2D eigenvalue weighted by Gasteiger charge is -2.08. The minimum absolute atomic E-state index is 0.453. The first-order valence-corrected chi connectivity index (χ1v) is 8.69. The number of fused-ring (bicyclic) bond motifs is 1. The van der Waals surface area contributed by atoms with Gasteiger partial charge in [-0.25, -0.2) is 15.0 Å². The third kappa shape index (κ3) is 3.51. The minimum Gasteiger partial charge on any atom is -0.481 e. The summed E-state index contributed by atoms with van der Waals surface area (Å²) in [6.07, 6.45) is 6.28. The summed E-state index contributed by atoms with van der Waals surface area (Å²) in [6.45, 7) is 1.99. The molecule has 0 amide bonds. The molecular formula is C21H19FN4O. The van der Waals surface area contributed by atoms with Gasteiger partial charge in [0.25, 0.3) is 0 Å². The Balaban J connectivity index is 1.59. The third-order valence-corrected chi connectivity index (χ3v) is 4.53. The van der Waals surface area contributed by atoms with Gasteiger partial charge in [-0.3, -0.25) is 0 Å². The minimum atomic E-state index is -0.453. The highest BCUT2D eigenvalue weighted by atomic mass is 19.1. The Labute approximate surface area is 156 Å². The third-order valence-electron chi connectivity index (χ3n) is 4.53. The predicted octanol–water partition coefficient (Wildman–Crippen LogP) is 3.99. The maximum Gasteiger partial charge on any atom is 0.216 e. The SMILES string of the molecule is COc1ncccc1Cc1ccc(Cc2c[nH]c3ncc(C)cc23)c(F)n1. The second-order valence-corrected chi connectivity index (χ2v) is 6.50. The van der Waals surface area contributed by atoms with Gasteiger partial charge in [0.05, 0.1) is 7.11 Å². The molecule has 6 heteroatoms. The normalized spacial score (nSPS) is 11.1. The molecule has 1 N–H and O–H groups in total. The van der Waals surface area contributed by atoms with E-state index in [0.29, 0.717) is 30.0 Å². The van der Waals surface area contributed by atoms with E-state index in [0.717, 1.165) is 27.7 Å². The molecule has 0 aromatic carbocycles. The molecule has 0 aliphatic heterocycles. The van der Waals surface area contributed by atoms with Crippen LogP contribution in [0.25, 0.3) is 11.0 Å². The standard InChI is InChI=1S/C21H19FN4O/c1-13-8-18-16(12-25-20(18)24-11-13)9-14-5-6-17(26-19(14)22)10-15-4-3-7-23-21(15)27-2/h3-8,11-12H,9-10H2,1-2H3,(H,24,25). The van der Waals surface area contributed by atoms with E-state index in [1.807, 2.05) is 37.5 Å².